The van der Waals surface area contributed by atoms with E-state index in [1.54, 1.807) is 7.11 Å². The Morgan fingerprint density at radius 3 is 2.77 bits per heavy atom. The molecule has 0 heterocycles. The van der Waals surface area contributed by atoms with Gasteiger partial charge in [0.25, 0.3) is 0 Å². The second-order valence-corrected chi connectivity index (χ2v) is 4.35. The predicted molar refractivity (Wildman–Crippen MR) is 61.6 cm³/mol. The first kappa shape index (κ1) is 13.3. The number of methoxy groups -OCH3 is 1. The molecule has 80 valence electrons. The lowest BCUT2D eigenvalue weighted by Crippen LogP contribution is -2.28. The monoisotopic (exact) mass is 205 g/mol. The maximum Gasteiger partial charge on any atom is 0.0462 e. The zero-order valence-corrected chi connectivity index (χ0v) is 9.95. The molecule has 1 atom stereocenters. The molecule has 0 fully saturated rings. The van der Waals surface area contributed by atoms with Gasteiger partial charge in [0.05, 0.1) is 0 Å². The normalized spacial score (nSPS) is 13.2. The zero-order valence-electron chi connectivity index (χ0n) is 9.14. The van der Waals surface area contributed by atoms with Gasteiger partial charge in [-0.1, -0.05) is 6.92 Å². The second kappa shape index (κ2) is 10.4. The molecule has 0 saturated carbocycles. The maximum absolute atomic E-state index is 5.03. The minimum atomic E-state index is 0.659. The molecule has 1 unspecified atom stereocenters. The highest BCUT2D eigenvalue weighted by Crippen LogP contribution is 2.08. The van der Waals surface area contributed by atoms with Crippen LogP contribution in [0.2, 0.25) is 0 Å². The highest BCUT2D eigenvalue weighted by Gasteiger charge is 2.04. The van der Waals surface area contributed by atoms with Crippen LogP contribution in [0.3, 0.4) is 0 Å². The van der Waals surface area contributed by atoms with Crippen molar-refractivity contribution in [1.82, 2.24) is 5.32 Å². The third-order valence-electron chi connectivity index (χ3n) is 1.98. The van der Waals surface area contributed by atoms with E-state index in [2.05, 4.69) is 12.2 Å². The lowest BCUT2D eigenvalue weighted by molar-refractivity contribution is 0.190. The molecule has 0 rings (SSSR count). The highest BCUT2D eigenvalue weighted by molar-refractivity contribution is 7.99. The molecular formula is C10H23NOS. The number of hydrogen-bond acceptors (Lipinski definition) is 3. The molecule has 0 aliphatic carbocycles. The Morgan fingerprint density at radius 2 is 2.23 bits per heavy atom. The summed E-state index contributed by atoms with van der Waals surface area (Å²) in [7, 11) is 3.81. The minimum absolute atomic E-state index is 0.659. The number of ether oxygens (including phenoxy) is 1. The van der Waals surface area contributed by atoms with Crippen molar-refractivity contribution in [3.05, 3.63) is 0 Å². The van der Waals surface area contributed by atoms with Crippen LogP contribution in [-0.2, 0) is 4.74 Å². The molecule has 0 saturated heterocycles. The molecule has 3 heteroatoms. The molecule has 0 aromatic carbocycles. The summed E-state index contributed by atoms with van der Waals surface area (Å²) in [6, 6.07) is 0.659. The van der Waals surface area contributed by atoms with Crippen LogP contribution < -0.4 is 5.32 Å². The third-order valence-corrected chi connectivity index (χ3v) is 3.31. The third kappa shape index (κ3) is 8.60. The molecule has 0 spiro atoms. The standard InChI is InChI=1S/C10H23NOS/c1-4-8-13-9-10(11-2)6-5-7-12-3/h10-11H,4-9H2,1-3H3. The fourth-order valence-corrected chi connectivity index (χ4v) is 2.23. The molecule has 0 aromatic rings. The molecule has 0 bridgehead atoms. The van der Waals surface area contributed by atoms with Crippen LogP contribution in [0.5, 0.6) is 0 Å². The molecule has 0 aliphatic heterocycles. The summed E-state index contributed by atoms with van der Waals surface area (Å²) in [5, 5.41) is 3.34. The highest BCUT2D eigenvalue weighted by atomic mass is 32.2. The molecule has 13 heavy (non-hydrogen) atoms. The van der Waals surface area contributed by atoms with Gasteiger partial charge >= 0.3 is 0 Å². The average molecular weight is 205 g/mol. The summed E-state index contributed by atoms with van der Waals surface area (Å²) in [5.41, 5.74) is 0. The molecule has 0 aliphatic rings. The minimum Gasteiger partial charge on any atom is -0.385 e. The Kier molecular flexibility index (Phi) is 10.6. The van der Waals surface area contributed by atoms with Gasteiger partial charge in [0.2, 0.25) is 0 Å². The zero-order chi connectivity index (χ0) is 9.94. The summed E-state index contributed by atoms with van der Waals surface area (Å²) in [6.07, 6.45) is 3.66. The van der Waals surface area contributed by atoms with Crippen molar-refractivity contribution in [3.8, 4) is 0 Å². The van der Waals surface area contributed by atoms with E-state index in [-0.39, 0.29) is 0 Å². The van der Waals surface area contributed by atoms with E-state index >= 15 is 0 Å². The maximum atomic E-state index is 5.03. The number of nitrogens with one attached hydrogen (secondary N) is 1. The van der Waals surface area contributed by atoms with Crippen LogP contribution in [0, 0.1) is 0 Å². The first-order valence-electron chi connectivity index (χ1n) is 5.09. The van der Waals surface area contributed by atoms with E-state index in [0.717, 1.165) is 13.0 Å². The Bertz CT molecular complexity index is 90.9. The van der Waals surface area contributed by atoms with Crippen molar-refractivity contribution in [2.24, 2.45) is 0 Å². The van der Waals surface area contributed by atoms with E-state index in [0.29, 0.717) is 6.04 Å². The van der Waals surface area contributed by atoms with Gasteiger partial charge in [-0.05, 0) is 32.1 Å². The van der Waals surface area contributed by atoms with Gasteiger partial charge in [-0.2, -0.15) is 11.8 Å². The summed E-state index contributed by atoms with van der Waals surface area (Å²) >= 11 is 2.04. The summed E-state index contributed by atoms with van der Waals surface area (Å²) in [4.78, 5) is 0. The van der Waals surface area contributed by atoms with Gasteiger partial charge in [0.1, 0.15) is 0 Å². The first-order valence-corrected chi connectivity index (χ1v) is 6.24. The summed E-state index contributed by atoms with van der Waals surface area (Å²) in [5.74, 6) is 2.51. The van der Waals surface area contributed by atoms with Crippen LogP contribution in [-0.4, -0.2) is 38.3 Å². The largest absolute Gasteiger partial charge is 0.385 e. The van der Waals surface area contributed by atoms with Crippen LogP contribution in [0.15, 0.2) is 0 Å². The topological polar surface area (TPSA) is 21.3 Å². The summed E-state index contributed by atoms with van der Waals surface area (Å²) in [6.45, 7) is 3.11. The molecule has 0 radical (unpaired) electrons. The van der Waals surface area contributed by atoms with Gasteiger partial charge in [0.15, 0.2) is 0 Å². The van der Waals surface area contributed by atoms with Crippen molar-refractivity contribution in [2.75, 3.05) is 32.3 Å². The Morgan fingerprint density at radius 1 is 1.46 bits per heavy atom. The molecule has 0 aromatic heterocycles. The molecule has 2 nitrogen and oxygen atoms in total. The smallest absolute Gasteiger partial charge is 0.0462 e. The van der Waals surface area contributed by atoms with Gasteiger partial charge in [0, 0.05) is 25.5 Å². The Hall–Kier alpha value is 0.270. The lowest BCUT2D eigenvalue weighted by atomic mass is 10.2. The van der Waals surface area contributed by atoms with Crippen molar-refractivity contribution >= 4 is 11.8 Å². The van der Waals surface area contributed by atoms with Crippen LogP contribution >= 0.6 is 11.8 Å². The number of rotatable bonds is 9. The average Bonchev–Trinajstić information content (AvgIpc) is 2.16. The van der Waals surface area contributed by atoms with Gasteiger partial charge in [-0.3, -0.25) is 0 Å². The van der Waals surface area contributed by atoms with Gasteiger partial charge < -0.3 is 10.1 Å². The van der Waals surface area contributed by atoms with E-state index < -0.39 is 0 Å². The quantitative estimate of drug-likeness (QED) is 0.583. The fourth-order valence-electron chi connectivity index (χ4n) is 1.16. The fraction of sp³-hybridized carbons (Fsp3) is 1.00. The lowest BCUT2D eigenvalue weighted by Gasteiger charge is -2.14. The van der Waals surface area contributed by atoms with E-state index in [9.17, 15) is 0 Å². The number of hydrogen-bond donors (Lipinski definition) is 1. The Labute approximate surface area is 86.8 Å². The van der Waals surface area contributed by atoms with Gasteiger partial charge in [-0.25, -0.2) is 0 Å². The summed E-state index contributed by atoms with van der Waals surface area (Å²) < 4.78 is 5.03. The molecule has 0 amide bonds. The second-order valence-electron chi connectivity index (χ2n) is 3.20. The van der Waals surface area contributed by atoms with Crippen LogP contribution in [0.4, 0.5) is 0 Å². The number of thioether (sulfide) groups is 1. The van der Waals surface area contributed by atoms with Crippen LogP contribution in [0.1, 0.15) is 26.2 Å². The van der Waals surface area contributed by atoms with Crippen molar-refractivity contribution in [2.45, 2.75) is 32.2 Å². The van der Waals surface area contributed by atoms with Gasteiger partial charge in [-0.15, -0.1) is 0 Å². The SMILES string of the molecule is CCCSCC(CCCOC)NC. The van der Waals surface area contributed by atoms with E-state index in [1.165, 1.54) is 24.3 Å². The Balaban J connectivity index is 3.28. The molecule has 1 N–H and O–H groups in total. The van der Waals surface area contributed by atoms with Crippen LogP contribution in [0.25, 0.3) is 0 Å². The first-order chi connectivity index (χ1) is 6.35. The van der Waals surface area contributed by atoms with Crippen molar-refractivity contribution in [3.63, 3.8) is 0 Å². The van der Waals surface area contributed by atoms with E-state index in [1.807, 2.05) is 18.8 Å². The molecular weight excluding hydrogens is 182 g/mol. The van der Waals surface area contributed by atoms with Crippen molar-refractivity contribution < 1.29 is 4.74 Å². The van der Waals surface area contributed by atoms with E-state index in [4.69, 9.17) is 4.74 Å². The van der Waals surface area contributed by atoms with Crippen molar-refractivity contribution in [1.29, 1.82) is 0 Å². The predicted octanol–water partition coefficient (Wildman–Crippen LogP) is 2.14.